The Morgan fingerprint density at radius 3 is 2.09 bits per heavy atom. The van der Waals surface area contributed by atoms with Crippen molar-refractivity contribution in [3.05, 3.63) is 113 Å². The third-order valence-corrected chi connectivity index (χ3v) is 5.03. The number of rotatable bonds is 10. The van der Waals surface area contributed by atoms with Gasteiger partial charge in [0.25, 0.3) is 0 Å². The standard InChI is InChI=1S/C29H30O4/c1-22(2)14-17-26-27(31-3)18-15-25(29(26)33-21-24-12-8-5-9-13-24)16-19-28(30)32-20-23-10-6-4-7-11-23/h4-16,18-19H,17,20-21H2,1-3H3/b19-16+. The van der Waals surface area contributed by atoms with Gasteiger partial charge in [-0.3, -0.25) is 0 Å². The number of carbonyl (C=O) groups is 1. The van der Waals surface area contributed by atoms with E-state index in [1.165, 1.54) is 11.6 Å². The Hall–Kier alpha value is -3.79. The molecule has 0 N–H and O–H groups in total. The van der Waals surface area contributed by atoms with E-state index in [0.29, 0.717) is 18.8 Å². The van der Waals surface area contributed by atoms with Crippen LogP contribution in [0.25, 0.3) is 6.08 Å². The van der Waals surface area contributed by atoms with Crippen molar-refractivity contribution in [2.45, 2.75) is 33.5 Å². The van der Waals surface area contributed by atoms with Gasteiger partial charge in [-0.1, -0.05) is 72.3 Å². The van der Waals surface area contributed by atoms with Gasteiger partial charge in [-0.15, -0.1) is 0 Å². The molecular weight excluding hydrogens is 412 g/mol. The minimum atomic E-state index is -0.408. The van der Waals surface area contributed by atoms with Crippen LogP contribution in [0.2, 0.25) is 0 Å². The van der Waals surface area contributed by atoms with Crippen molar-refractivity contribution in [3.63, 3.8) is 0 Å². The van der Waals surface area contributed by atoms with Crippen LogP contribution < -0.4 is 9.47 Å². The molecule has 0 amide bonds. The Balaban J connectivity index is 1.84. The SMILES string of the molecule is COc1ccc(/C=C/C(=O)OCc2ccccc2)c(OCc2ccccc2)c1CC=C(C)C. The number of methoxy groups -OCH3 is 1. The van der Waals surface area contributed by atoms with Gasteiger partial charge in [0.2, 0.25) is 0 Å². The molecule has 3 aromatic carbocycles. The lowest BCUT2D eigenvalue weighted by Gasteiger charge is -2.17. The van der Waals surface area contributed by atoms with Crippen molar-refractivity contribution in [3.8, 4) is 11.5 Å². The van der Waals surface area contributed by atoms with E-state index in [1.807, 2.05) is 72.8 Å². The fourth-order valence-electron chi connectivity index (χ4n) is 3.28. The summed E-state index contributed by atoms with van der Waals surface area (Å²) in [5, 5.41) is 0. The molecule has 0 unspecified atom stereocenters. The normalized spacial score (nSPS) is 10.6. The summed E-state index contributed by atoms with van der Waals surface area (Å²) >= 11 is 0. The molecule has 33 heavy (non-hydrogen) atoms. The molecule has 4 heteroatoms. The minimum Gasteiger partial charge on any atom is -0.496 e. The van der Waals surface area contributed by atoms with Crippen molar-refractivity contribution in [1.82, 2.24) is 0 Å². The predicted octanol–water partition coefficient (Wildman–Crippen LogP) is 6.54. The smallest absolute Gasteiger partial charge is 0.331 e. The summed E-state index contributed by atoms with van der Waals surface area (Å²) in [6, 6.07) is 23.4. The lowest BCUT2D eigenvalue weighted by atomic mass is 10.0. The number of carbonyl (C=O) groups excluding carboxylic acids is 1. The van der Waals surface area contributed by atoms with Crippen LogP contribution in [0, 0.1) is 0 Å². The number of allylic oxidation sites excluding steroid dienone is 2. The summed E-state index contributed by atoms with van der Waals surface area (Å²) < 4.78 is 17.3. The Kier molecular flexibility index (Phi) is 8.89. The molecule has 0 saturated carbocycles. The highest BCUT2D eigenvalue weighted by Crippen LogP contribution is 2.35. The first-order valence-electron chi connectivity index (χ1n) is 11.0. The summed E-state index contributed by atoms with van der Waals surface area (Å²) in [6.45, 7) is 4.76. The van der Waals surface area contributed by atoms with Crippen molar-refractivity contribution in [2.24, 2.45) is 0 Å². The first-order valence-corrected chi connectivity index (χ1v) is 11.0. The fraction of sp³-hybridized carbons (Fsp3) is 0.207. The van der Waals surface area contributed by atoms with Crippen molar-refractivity contribution in [1.29, 1.82) is 0 Å². The highest BCUT2D eigenvalue weighted by atomic mass is 16.5. The Labute approximate surface area is 196 Å². The Morgan fingerprint density at radius 2 is 1.48 bits per heavy atom. The molecule has 0 bridgehead atoms. The van der Waals surface area contributed by atoms with Crippen molar-refractivity contribution >= 4 is 12.0 Å². The fourth-order valence-corrected chi connectivity index (χ4v) is 3.28. The van der Waals surface area contributed by atoms with E-state index in [-0.39, 0.29) is 6.61 Å². The molecule has 0 aliphatic rings. The molecule has 4 nitrogen and oxygen atoms in total. The first-order chi connectivity index (χ1) is 16.1. The van der Waals surface area contributed by atoms with Gasteiger partial charge < -0.3 is 14.2 Å². The van der Waals surface area contributed by atoms with Gasteiger partial charge in [0, 0.05) is 17.2 Å². The number of ether oxygens (including phenoxy) is 3. The Morgan fingerprint density at radius 1 is 0.848 bits per heavy atom. The maximum absolute atomic E-state index is 12.3. The second kappa shape index (κ2) is 12.3. The maximum atomic E-state index is 12.3. The number of benzene rings is 3. The van der Waals surface area contributed by atoms with E-state index in [1.54, 1.807) is 13.2 Å². The zero-order valence-electron chi connectivity index (χ0n) is 19.4. The van der Waals surface area contributed by atoms with Crippen LogP contribution in [-0.4, -0.2) is 13.1 Å². The molecule has 0 aliphatic heterocycles. The van der Waals surface area contributed by atoms with E-state index in [2.05, 4.69) is 19.9 Å². The summed E-state index contributed by atoms with van der Waals surface area (Å²) in [4.78, 5) is 12.3. The van der Waals surface area contributed by atoms with E-state index in [0.717, 1.165) is 28.0 Å². The van der Waals surface area contributed by atoms with Crippen LogP contribution in [-0.2, 0) is 29.2 Å². The molecule has 0 heterocycles. The highest BCUT2D eigenvalue weighted by molar-refractivity contribution is 5.87. The monoisotopic (exact) mass is 442 g/mol. The third-order valence-electron chi connectivity index (χ3n) is 5.03. The Bertz CT molecular complexity index is 1100. The van der Waals surface area contributed by atoms with Crippen molar-refractivity contribution < 1.29 is 19.0 Å². The first kappa shape index (κ1) is 23.9. The van der Waals surface area contributed by atoms with Crippen LogP contribution in [0.5, 0.6) is 11.5 Å². The minimum absolute atomic E-state index is 0.232. The van der Waals surface area contributed by atoms with Crippen LogP contribution >= 0.6 is 0 Å². The van der Waals surface area contributed by atoms with Crippen molar-refractivity contribution in [2.75, 3.05) is 7.11 Å². The lowest BCUT2D eigenvalue weighted by molar-refractivity contribution is -0.138. The summed E-state index contributed by atoms with van der Waals surface area (Å²) in [5.41, 5.74) is 4.94. The van der Waals surface area contributed by atoms with Gasteiger partial charge in [0.15, 0.2) is 0 Å². The van der Waals surface area contributed by atoms with E-state index in [4.69, 9.17) is 14.2 Å². The average molecular weight is 443 g/mol. The maximum Gasteiger partial charge on any atom is 0.331 e. The average Bonchev–Trinajstić information content (AvgIpc) is 2.85. The van der Waals surface area contributed by atoms with Crippen LogP contribution in [0.4, 0.5) is 0 Å². The van der Waals surface area contributed by atoms with Gasteiger partial charge >= 0.3 is 5.97 Å². The molecule has 0 atom stereocenters. The number of hydrogen-bond donors (Lipinski definition) is 0. The topological polar surface area (TPSA) is 44.8 Å². The van der Waals surface area contributed by atoms with E-state index < -0.39 is 5.97 Å². The zero-order chi connectivity index (χ0) is 23.5. The van der Waals surface area contributed by atoms with Crippen LogP contribution in [0.15, 0.2) is 90.5 Å². The third kappa shape index (κ3) is 7.39. The van der Waals surface area contributed by atoms with E-state index in [9.17, 15) is 4.79 Å². The highest BCUT2D eigenvalue weighted by Gasteiger charge is 2.14. The second-order valence-electron chi connectivity index (χ2n) is 7.85. The largest absolute Gasteiger partial charge is 0.496 e. The molecule has 3 rings (SSSR count). The molecule has 0 saturated heterocycles. The van der Waals surface area contributed by atoms with E-state index >= 15 is 0 Å². The quantitative estimate of drug-likeness (QED) is 0.203. The number of hydrogen-bond acceptors (Lipinski definition) is 4. The molecule has 170 valence electrons. The molecule has 0 aliphatic carbocycles. The molecule has 0 radical (unpaired) electrons. The number of esters is 1. The molecule has 3 aromatic rings. The summed E-state index contributed by atoms with van der Waals surface area (Å²) in [5.74, 6) is 1.04. The summed E-state index contributed by atoms with van der Waals surface area (Å²) in [7, 11) is 1.65. The lowest BCUT2D eigenvalue weighted by Crippen LogP contribution is -2.03. The predicted molar refractivity (Wildman–Crippen MR) is 132 cm³/mol. The van der Waals surface area contributed by atoms with Gasteiger partial charge in [-0.25, -0.2) is 4.79 Å². The molecule has 0 spiro atoms. The second-order valence-corrected chi connectivity index (χ2v) is 7.85. The molecular formula is C29H30O4. The van der Waals surface area contributed by atoms with Gasteiger partial charge in [0.1, 0.15) is 24.7 Å². The van der Waals surface area contributed by atoms with Gasteiger partial charge in [-0.05, 0) is 49.6 Å². The van der Waals surface area contributed by atoms with Crippen LogP contribution in [0.3, 0.4) is 0 Å². The van der Waals surface area contributed by atoms with Gasteiger partial charge in [0.05, 0.1) is 7.11 Å². The molecule has 0 aromatic heterocycles. The molecule has 0 fully saturated rings. The van der Waals surface area contributed by atoms with Gasteiger partial charge in [-0.2, -0.15) is 0 Å². The van der Waals surface area contributed by atoms with Crippen LogP contribution in [0.1, 0.15) is 36.1 Å². The zero-order valence-corrected chi connectivity index (χ0v) is 19.4. The summed E-state index contributed by atoms with van der Waals surface area (Å²) in [6.07, 6.45) is 5.97.